The molecule has 1 aliphatic heterocycles. The molecule has 5 atom stereocenters. The van der Waals surface area contributed by atoms with Crippen molar-refractivity contribution >= 4 is 29.8 Å². The summed E-state index contributed by atoms with van der Waals surface area (Å²) in [5.41, 5.74) is 0.00361. The number of aromatic carboxylic acids is 1. The Morgan fingerprint density at radius 2 is 1.30 bits per heavy atom. The molecule has 2 rings (SSSR count). The van der Waals surface area contributed by atoms with Gasteiger partial charge in [0.1, 0.15) is 18.5 Å². The van der Waals surface area contributed by atoms with E-state index in [-0.39, 0.29) is 11.3 Å². The van der Waals surface area contributed by atoms with Crippen LogP contribution in [-0.4, -0.2) is 72.3 Å². The summed E-state index contributed by atoms with van der Waals surface area (Å²) in [6.07, 6.45) is -6.61. The first-order valence-corrected chi connectivity index (χ1v) is 9.78. The molecule has 1 heterocycles. The van der Waals surface area contributed by atoms with Crippen LogP contribution in [-0.2, 0) is 42.9 Å². The van der Waals surface area contributed by atoms with Gasteiger partial charge in [0.15, 0.2) is 12.2 Å². The number of rotatable bonds is 8. The van der Waals surface area contributed by atoms with Gasteiger partial charge < -0.3 is 33.5 Å². The predicted molar refractivity (Wildman–Crippen MR) is 106 cm³/mol. The largest absolute Gasteiger partial charge is 0.478 e. The lowest BCUT2D eigenvalue weighted by atomic mass is 9.98. The first-order chi connectivity index (χ1) is 15.5. The van der Waals surface area contributed by atoms with Crippen LogP contribution in [0.25, 0.3) is 0 Å². The van der Waals surface area contributed by atoms with Gasteiger partial charge in [-0.25, -0.2) is 4.79 Å². The molecular formula is C21H24O12. The molecule has 1 saturated heterocycles. The Balaban J connectivity index is 2.43. The SMILES string of the molecule is CC(=O)OC[C@H]1OC(Oc2ccc(C(=O)O)cc2)[C@H](OC(C)=O)[C@@H](OC(C)=O)[C@H]1OC(C)=O. The topological polar surface area (TPSA) is 161 Å². The van der Waals surface area contributed by atoms with E-state index in [9.17, 15) is 24.0 Å². The molecule has 1 aromatic rings. The van der Waals surface area contributed by atoms with E-state index in [2.05, 4.69) is 0 Å². The monoisotopic (exact) mass is 468 g/mol. The molecule has 1 fully saturated rings. The highest BCUT2D eigenvalue weighted by Crippen LogP contribution is 2.31. The van der Waals surface area contributed by atoms with Crippen LogP contribution in [0.2, 0.25) is 0 Å². The van der Waals surface area contributed by atoms with Crippen LogP contribution in [0, 0.1) is 0 Å². The van der Waals surface area contributed by atoms with Crippen LogP contribution in [0.15, 0.2) is 24.3 Å². The Kier molecular flexibility index (Phi) is 8.74. The highest BCUT2D eigenvalue weighted by Gasteiger charge is 2.53. The molecule has 180 valence electrons. The number of ether oxygens (including phenoxy) is 6. The fourth-order valence-corrected chi connectivity index (χ4v) is 3.09. The van der Waals surface area contributed by atoms with Gasteiger partial charge in [-0.15, -0.1) is 0 Å². The van der Waals surface area contributed by atoms with Crippen molar-refractivity contribution in [2.24, 2.45) is 0 Å². The second kappa shape index (κ2) is 11.3. The zero-order chi connectivity index (χ0) is 24.7. The molecule has 12 heteroatoms. The summed E-state index contributed by atoms with van der Waals surface area (Å²) >= 11 is 0. The molecule has 0 aromatic heterocycles. The van der Waals surface area contributed by atoms with E-state index >= 15 is 0 Å². The molecule has 33 heavy (non-hydrogen) atoms. The number of hydrogen-bond donors (Lipinski definition) is 1. The molecule has 1 aliphatic rings. The molecule has 0 amide bonds. The highest BCUT2D eigenvalue weighted by atomic mass is 16.7. The molecule has 0 bridgehead atoms. The van der Waals surface area contributed by atoms with E-state index in [1.807, 2.05) is 0 Å². The number of carbonyl (C=O) groups is 5. The lowest BCUT2D eigenvalue weighted by molar-refractivity contribution is -0.288. The minimum Gasteiger partial charge on any atom is -0.478 e. The number of carboxylic acids is 1. The summed E-state index contributed by atoms with van der Waals surface area (Å²) in [6.45, 7) is 4.09. The Labute approximate surface area is 188 Å². The number of benzene rings is 1. The fourth-order valence-electron chi connectivity index (χ4n) is 3.09. The van der Waals surface area contributed by atoms with Crippen LogP contribution in [0.5, 0.6) is 5.75 Å². The lowest BCUT2D eigenvalue weighted by Crippen LogP contribution is -2.63. The average Bonchev–Trinajstić information content (AvgIpc) is 2.70. The molecular weight excluding hydrogens is 444 g/mol. The van der Waals surface area contributed by atoms with Crippen molar-refractivity contribution in [1.29, 1.82) is 0 Å². The summed E-state index contributed by atoms with van der Waals surface area (Å²) in [7, 11) is 0. The van der Waals surface area contributed by atoms with Gasteiger partial charge in [-0.2, -0.15) is 0 Å². The molecule has 0 spiro atoms. The standard InChI is InChI=1S/C21H24O12/c1-10(22)28-9-16-17(29-11(2)23)18(30-12(3)24)19(31-13(4)25)21(33-16)32-15-7-5-14(6-8-15)20(26)27/h5-8,16-19,21H,9H2,1-4H3,(H,26,27)/t16-,17+,18+,19-,21?/m1/s1. The Morgan fingerprint density at radius 3 is 1.79 bits per heavy atom. The molecule has 1 N–H and O–H groups in total. The van der Waals surface area contributed by atoms with Gasteiger partial charge in [0.05, 0.1) is 5.56 Å². The predicted octanol–water partition coefficient (Wildman–Crippen LogP) is 0.847. The highest BCUT2D eigenvalue weighted by molar-refractivity contribution is 5.87. The van der Waals surface area contributed by atoms with Crippen molar-refractivity contribution < 1.29 is 57.5 Å². The van der Waals surface area contributed by atoms with Crippen molar-refractivity contribution in [3.05, 3.63) is 29.8 Å². The van der Waals surface area contributed by atoms with Gasteiger partial charge in [-0.3, -0.25) is 19.2 Å². The number of carbonyl (C=O) groups excluding carboxylic acids is 4. The van der Waals surface area contributed by atoms with E-state index in [0.29, 0.717) is 0 Å². The second-order valence-electron chi connectivity index (χ2n) is 7.02. The number of hydrogen-bond acceptors (Lipinski definition) is 11. The zero-order valence-corrected chi connectivity index (χ0v) is 18.3. The van der Waals surface area contributed by atoms with Crippen LogP contribution in [0.4, 0.5) is 0 Å². The number of carboxylic acid groups (broad SMARTS) is 1. The first kappa shape index (κ1) is 25.6. The zero-order valence-electron chi connectivity index (χ0n) is 18.3. The van der Waals surface area contributed by atoms with Gasteiger partial charge in [-0.1, -0.05) is 0 Å². The van der Waals surface area contributed by atoms with Gasteiger partial charge in [0.2, 0.25) is 12.4 Å². The molecule has 0 radical (unpaired) electrons. The lowest BCUT2D eigenvalue weighted by Gasteiger charge is -2.43. The van der Waals surface area contributed by atoms with Crippen LogP contribution < -0.4 is 4.74 Å². The van der Waals surface area contributed by atoms with Crippen molar-refractivity contribution in [3.8, 4) is 5.75 Å². The average molecular weight is 468 g/mol. The van der Waals surface area contributed by atoms with Crippen molar-refractivity contribution in [2.75, 3.05) is 6.61 Å². The summed E-state index contributed by atoms with van der Waals surface area (Å²) < 4.78 is 32.4. The third-order valence-electron chi connectivity index (χ3n) is 4.30. The van der Waals surface area contributed by atoms with E-state index in [1.165, 1.54) is 24.3 Å². The minimum atomic E-state index is -1.40. The summed E-state index contributed by atoms with van der Waals surface area (Å²) in [6, 6.07) is 5.25. The van der Waals surface area contributed by atoms with Gasteiger partial charge in [0, 0.05) is 27.7 Å². The normalized spacial score (nSPS) is 24.2. The Hall–Kier alpha value is -3.67. The first-order valence-electron chi connectivity index (χ1n) is 9.78. The van der Waals surface area contributed by atoms with E-state index in [4.69, 9.17) is 33.5 Å². The van der Waals surface area contributed by atoms with Crippen LogP contribution in [0.3, 0.4) is 0 Å². The third kappa shape index (κ3) is 7.45. The maximum Gasteiger partial charge on any atom is 0.335 e. The quantitative estimate of drug-likeness (QED) is 0.423. The third-order valence-corrected chi connectivity index (χ3v) is 4.30. The Morgan fingerprint density at radius 1 is 0.788 bits per heavy atom. The van der Waals surface area contributed by atoms with Gasteiger partial charge >= 0.3 is 29.8 Å². The van der Waals surface area contributed by atoms with Gasteiger partial charge in [-0.05, 0) is 24.3 Å². The van der Waals surface area contributed by atoms with Crippen LogP contribution >= 0.6 is 0 Å². The van der Waals surface area contributed by atoms with E-state index in [0.717, 1.165) is 27.7 Å². The molecule has 0 saturated carbocycles. The number of esters is 4. The summed E-state index contributed by atoms with van der Waals surface area (Å²) in [4.78, 5) is 57.6. The molecule has 1 unspecified atom stereocenters. The van der Waals surface area contributed by atoms with Crippen molar-refractivity contribution in [1.82, 2.24) is 0 Å². The van der Waals surface area contributed by atoms with Gasteiger partial charge in [0.25, 0.3) is 0 Å². The Bertz CT molecular complexity index is 893. The van der Waals surface area contributed by atoms with Crippen molar-refractivity contribution in [2.45, 2.75) is 58.4 Å². The summed E-state index contributed by atoms with van der Waals surface area (Å²) in [5.74, 6) is -3.94. The van der Waals surface area contributed by atoms with E-state index in [1.54, 1.807) is 0 Å². The second-order valence-corrected chi connectivity index (χ2v) is 7.02. The van der Waals surface area contributed by atoms with Crippen molar-refractivity contribution in [3.63, 3.8) is 0 Å². The van der Waals surface area contributed by atoms with Crippen LogP contribution in [0.1, 0.15) is 38.1 Å². The molecule has 0 aliphatic carbocycles. The molecule has 1 aromatic carbocycles. The minimum absolute atomic E-state index is 0.00361. The summed E-state index contributed by atoms with van der Waals surface area (Å²) in [5, 5.41) is 9.04. The maximum absolute atomic E-state index is 11.8. The van der Waals surface area contributed by atoms with E-state index < -0.39 is 67.2 Å². The smallest absolute Gasteiger partial charge is 0.335 e. The molecule has 12 nitrogen and oxygen atoms in total. The maximum atomic E-state index is 11.8. The fraction of sp³-hybridized carbons (Fsp3) is 0.476.